The van der Waals surface area contributed by atoms with Crippen molar-refractivity contribution in [2.45, 2.75) is 20.3 Å². The van der Waals surface area contributed by atoms with Gasteiger partial charge in [0.1, 0.15) is 0 Å². The molecule has 0 radical (unpaired) electrons. The van der Waals surface area contributed by atoms with Crippen molar-refractivity contribution < 1.29 is 0 Å². The van der Waals surface area contributed by atoms with Crippen LogP contribution in [0.4, 0.5) is 0 Å². The Balaban J connectivity index is 3.25. The molecule has 0 spiro atoms. The molecule has 0 aromatic rings. The minimum atomic E-state index is 0.716. The van der Waals surface area contributed by atoms with Gasteiger partial charge in [-0.2, -0.15) is 5.10 Å². The summed E-state index contributed by atoms with van der Waals surface area (Å²) in [6.45, 7) is 4.36. The first-order chi connectivity index (χ1) is 4.13. The molecule has 0 aromatic carbocycles. The van der Waals surface area contributed by atoms with Crippen LogP contribution in [0.5, 0.6) is 0 Å². The highest BCUT2D eigenvalue weighted by Gasteiger charge is 1.87. The van der Waals surface area contributed by atoms with E-state index in [0.29, 0.717) is 5.92 Å². The minimum Gasteiger partial charge on any atom is -0.303 e. The Morgan fingerprint density at radius 1 is 1.44 bits per heavy atom. The molecule has 0 rings (SSSR count). The van der Waals surface area contributed by atoms with Crippen molar-refractivity contribution in [2.24, 2.45) is 11.0 Å². The molecule has 0 unspecified atom stereocenters. The summed E-state index contributed by atoms with van der Waals surface area (Å²) in [5, 5.41) is 5.88. The van der Waals surface area contributed by atoms with E-state index >= 15 is 0 Å². The van der Waals surface area contributed by atoms with Crippen molar-refractivity contribution in [3.05, 3.63) is 0 Å². The van der Waals surface area contributed by atoms with Crippen molar-refractivity contribution in [3.63, 3.8) is 0 Å². The molecule has 0 aromatic heterocycles. The monoisotopic (exact) mass is 128 g/mol. The largest absolute Gasteiger partial charge is 0.303 e. The second-order valence-electron chi connectivity index (χ2n) is 2.77. The first-order valence-electron chi connectivity index (χ1n) is 3.32. The van der Waals surface area contributed by atoms with Crippen LogP contribution in [0.3, 0.4) is 0 Å². The summed E-state index contributed by atoms with van der Waals surface area (Å²) in [7, 11) is 3.85. The summed E-state index contributed by atoms with van der Waals surface area (Å²) in [6, 6.07) is 0. The lowest BCUT2D eigenvalue weighted by Crippen LogP contribution is -2.02. The smallest absolute Gasteiger partial charge is 0.0247 e. The van der Waals surface area contributed by atoms with E-state index in [0.717, 1.165) is 6.42 Å². The van der Waals surface area contributed by atoms with Crippen molar-refractivity contribution in [2.75, 3.05) is 14.1 Å². The maximum absolute atomic E-state index is 4.07. The van der Waals surface area contributed by atoms with Crippen LogP contribution in [0, 0.1) is 5.92 Å². The molecular formula is C7H16N2. The summed E-state index contributed by atoms with van der Waals surface area (Å²) in [5.41, 5.74) is 0. The molecule has 2 heteroatoms. The van der Waals surface area contributed by atoms with Gasteiger partial charge in [0.25, 0.3) is 0 Å². The Bertz CT molecular complexity index is 84.9. The van der Waals surface area contributed by atoms with Gasteiger partial charge in [0.05, 0.1) is 0 Å². The summed E-state index contributed by atoms with van der Waals surface area (Å²) in [4.78, 5) is 0. The van der Waals surface area contributed by atoms with E-state index < -0.39 is 0 Å². The van der Waals surface area contributed by atoms with Gasteiger partial charge in [0.15, 0.2) is 0 Å². The number of hydrogen-bond acceptors (Lipinski definition) is 2. The zero-order chi connectivity index (χ0) is 7.28. The third kappa shape index (κ3) is 7.47. The quantitative estimate of drug-likeness (QED) is 0.416. The van der Waals surface area contributed by atoms with Gasteiger partial charge in [-0.1, -0.05) is 13.8 Å². The Morgan fingerprint density at radius 2 is 2.00 bits per heavy atom. The Kier molecular flexibility index (Phi) is 4.10. The summed E-state index contributed by atoms with van der Waals surface area (Å²) in [5.74, 6) is 0.716. The van der Waals surface area contributed by atoms with Crippen LogP contribution >= 0.6 is 0 Å². The van der Waals surface area contributed by atoms with Gasteiger partial charge in [-0.15, -0.1) is 0 Å². The molecule has 0 saturated heterocycles. The van der Waals surface area contributed by atoms with Gasteiger partial charge in [0, 0.05) is 20.3 Å². The number of nitrogens with zero attached hydrogens (tertiary/aromatic N) is 2. The molecule has 0 fully saturated rings. The van der Waals surface area contributed by atoms with E-state index in [1.165, 1.54) is 0 Å². The van der Waals surface area contributed by atoms with Crippen molar-refractivity contribution in [1.82, 2.24) is 5.01 Å². The number of rotatable bonds is 3. The predicted octanol–water partition coefficient (Wildman–Crippen LogP) is 1.58. The lowest BCUT2D eigenvalue weighted by Gasteiger charge is -2.02. The highest BCUT2D eigenvalue weighted by atomic mass is 15.4. The molecule has 54 valence electrons. The van der Waals surface area contributed by atoms with Gasteiger partial charge in [-0.05, 0) is 12.3 Å². The lowest BCUT2D eigenvalue weighted by atomic mass is 10.2. The van der Waals surface area contributed by atoms with Gasteiger partial charge in [-0.3, -0.25) is 0 Å². The molecule has 2 nitrogen and oxygen atoms in total. The fourth-order valence-electron chi connectivity index (χ4n) is 0.421. The fourth-order valence-corrected chi connectivity index (χ4v) is 0.421. The molecule has 0 bridgehead atoms. The SMILES string of the molecule is CC(C)C/C=N\N(C)C. The molecule has 0 amide bonds. The van der Waals surface area contributed by atoms with Gasteiger partial charge in [-0.25, -0.2) is 0 Å². The van der Waals surface area contributed by atoms with Crippen LogP contribution in [-0.4, -0.2) is 25.3 Å². The molecule has 0 aliphatic heterocycles. The lowest BCUT2D eigenvalue weighted by molar-refractivity contribution is 0.437. The second-order valence-corrected chi connectivity index (χ2v) is 2.77. The van der Waals surface area contributed by atoms with Gasteiger partial charge < -0.3 is 5.01 Å². The summed E-state index contributed by atoms with van der Waals surface area (Å²) >= 11 is 0. The van der Waals surface area contributed by atoms with Crippen LogP contribution in [0.25, 0.3) is 0 Å². The molecule has 0 heterocycles. The zero-order valence-corrected chi connectivity index (χ0v) is 6.76. The zero-order valence-electron chi connectivity index (χ0n) is 6.76. The van der Waals surface area contributed by atoms with Crippen LogP contribution in [0.15, 0.2) is 5.10 Å². The first kappa shape index (κ1) is 8.47. The first-order valence-corrected chi connectivity index (χ1v) is 3.32. The highest BCUT2D eigenvalue weighted by Crippen LogP contribution is 1.94. The van der Waals surface area contributed by atoms with E-state index in [1.54, 1.807) is 0 Å². The van der Waals surface area contributed by atoms with E-state index in [-0.39, 0.29) is 0 Å². The third-order valence-electron chi connectivity index (χ3n) is 0.889. The molecule has 0 N–H and O–H groups in total. The van der Waals surface area contributed by atoms with Gasteiger partial charge >= 0.3 is 0 Å². The Hall–Kier alpha value is -0.530. The Morgan fingerprint density at radius 3 is 2.33 bits per heavy atom. The molecule has 0 aliphatic rings. The van der Waals surface area contributed by atoms with E-state index in [9.17, 15) is 0 Å². The van der Waals surface area contributed by atoms with Crippen LogP contribution in [-0.2, 0) is 0 Å². The average molecular weight is 128 g/mol. The topological polar surface area (TPSA) is 15.6 Å². The van der Waals surface area contributed by atoms with E-state index in [2.05, 4.69) is 18.9 Å². The van der Waals surface area contributed by atoms with Crippen molar-refractivity contribution in [3.8, 4) is 0 Å². The number of hydrazone groups is 1. The van der Waals surface area contributed by atoms with Gasteiger partial charge in [0.2, 0.25) is 0 Å². The highest BCUT2D eigenvalue weighted by molar-refractivity contribution is 5.56. The molecule has 0 aliphatic carbocycles. The average Bonchev–Trinajstić information content (AvgIpc) is 1.63. The Labute approximate surface area is 57.6 Å². The minimum absolute atomic E-state index is 0.716. The molecular weight excluding hydrogens is 112 g/mol. The number of hydrogen-bond donors (Lipinski definition) is 0. The third-order valence-corrected chi connectivity index (χ3v) is 0.889. The molecule has 0 saturated carbocycles. The molecule has 0 atom stereocenters. The normalized spacial score (nSPS) is 11.2. The summed E-state index contributed by atoms with van der Waals surface area (Å²) < 4.78 is 0. The van der Waals surface area contributed by atoms with Crippen LogP contribution in [0.1, 0.15) is 20.3 Å². The maximum atomic E-state index is 4.07. The predicted molar refractivity (Wildman–Crippen MR) is 41.6 cm³/mol. The van der Waals surface area contributed by atoms with Crippen LogP contribution < -0.4 is 0 Å². The van der Waals surface area contributed by atoms with E-state index in [1.807, 2.05) is 25.3 Å². The second kappa shape index (κ2) is 4.36. The molecule has 9 heavy (non-hydrogen) atoms. The standard InChI is InChI=1S/C7H16N2/c1-7(2)5-6-8-9(3)4/h6-7H,5H2,1-4H3/b8-6-. The van der Waals surface area contributed by atoms with E-state index in [4.69, 9.17) is 0 Å². The van der Waals surface area contributed by atoms with Crippen LogP contribution in [0.2, 0.25) is 0 Å². The van der Waals surface area contributed by atoms with Crippen molar-refractivity contribution in [1.29, 1.82) is 0 Å². The van der Waals surface area contributed by atoms with Crippen molar-refractivity contribution >= 4 is 6.21 Å². The maximum Gasteiger partial charge on any atom is 0.0247 e. The fraction of sp³-hybridized carbons (Fsp3) is 0.857. The summed E-state index contributed by atoms with van der Waals surface area (Å²) in [6.07, 6.45) is 3.02.